The summed E-state index contributed by atoms with van der Waals surface area (Å²) in [4.78, 5) is 0.155. The lowest BCUT2D eigenvalue weighted by atomic mass is 10.1. The van der Waals surface area contributed by atoms with E-state index in [2.05, 4.69) is 10.3 Å². The maximum Gasteiger partial charge on any atom is 0.359 e. The van der Waals surface area contributed by atoms with Crippen molar-refractivity contribution < 1.29 is 25.4 Å². The second-order valence-corrected chi connectivity index (χ2v) is 11.1. The largest absolute Gasteiger partial charge is 0.359 e. The van der Waals surface area contributed by atoms with Crippen LogP contribution < -0.4 is 0 Å². The quantitative estimate of drug-likeness (QED) is 0.425. The fraction of sp³-hybridized carbons (Fsp3) is 0.250. The van der Waals surface area contributed by atoms with Gasteiger partial charge in [0.05, 0.1) is 0 Å². The molecule has 8 nitrogen and oxygen atoms in total. The number of benzene rings is 2. The van der Waals surface area contributed by atoms with Crippen molar-refractivity contribution in [2.45, 2.75) is 51.3 Å². The zero-order valence-corrected chi connectivity index (χ0v) is 21.4. The standard InChI is InChI=1S/C24H26N2O6S2/c1-15-11-17(3)23(18(4)12-15)33(27,28)31-25-21-7-9-22(10-8-21)26-32-34(29,30)24-19(5)13-16(2)14-20(24)6/h7-14H,1-6H3. The predicted octanol–water partition coefficient (Wildman–Crippen LogP) is 4.49. The summed E-state index contributed by atoms with van der Waals surface area (Å²) in [7, 11) is -8.22. The van der Waals surface area contributed by atoms with Crippen LogP contribution in [0.25, 0.3) is 0 Å². The Kier molecular flexibility index (Phi) is 7.13. The van der Waals surface area contributed by atoms with E-state index in [1.807, 2.05) is 13.8 Å². The Bertz CT molecular complexity index is 1310. The molecule has 0 fully saturated rings. The van der Waals surface area contributed by atoms with E-state index in [1.165, 1.54) is 24.3 Å². The smallest absolute Gasteiger partial charge is 0.264 e. The molecule has 1 aliphatic carbocycles. The van der Waals surface area contributed by atoms with Crippen LogP contribution in [0.15, 0.2) is 68.7 Å². The summed E-state index contributed by atoms with van der Waals surface area (Å²) in [5.41, 5.74) is 4.58. The van der Waals surface area contributed by atoms with Crippen molar-refractivity contribution in [3.63, 3.8) is 0 Å². The summed E-state index contributed by atoms with van der Waals surface area (Å²) in [5.74, 6) is 0. The van der Waals surface area contributed by atoms with Crippen LogP contribution in [0.4, 0.5) is 0 Å². The van der Waals surface area contributed by atoms with Crippen molar-refractivity contribution in [2.24, 2.45) is 10.3 Å². The molecule has 2 aromatic carbocycles. The maximum atomic E-state index is 12.6. The summed E-state index contributed by atoms with van der Waals surface area (Å²) in [5, 5.41) is 7.40. The van der Waals surface area contributed by atoms with Gasteiger partial charge in [0.25, 0.3) is 0 Å². The molecule has 0 spiro atoms. The third kappa shape index (κ3) is 5.63. The average Bonchev–Trinajstić information content (AvgIpc) is 2.69. The van der Waals surface area contributed by atoms with Gasteiger partial charge in [-0.25, -0.2) is 0 Å². The van der Waals surface area contributed by atoms with E-state index in [0.717, 1.165) is 11.1 Å². The number of oxime groups is 2. The highest BCUT2D eigenvalue weighted by Gasteiger charge is 2.23. The summed E-state index contributed by atoms with van der Waals surface area (Å²) in [6, 6.07) is 7.03. The highest BCUT2D eigenvalue weighted by atomic mass is 32.2. The first kappa shape index (κ1) is 25.4. The van der Waals surface area contributed by atoms with E-state index in [9.17, 15) is 16.8 Å². The van der Waals surface area contributed by atoms with E-state index in [4.69, 9.17) is 8.57 Å². The molecule has 0 bridgehead atoms. The van der Waals surface area contributed by atoms with Crippen LogP contribution in [-0.2, 0) is 28.8 Å². The minimum Gasteiger partial charge on any atom is -0.264 e. The molecule has 0 unspecified atom stereocenters. The number of aryl methyl sites for hydroxylation is 6. The molecule has 0 heterocycles. The van der Waals surface area contributed by atoms with Crippen LogP contribution in [0.5, 0.6) is 0 Å². The van der Waals surface area contributed by atoms with Gasteiger partial charge in [0.1, 0.15) is 21.2 Å². The Labute approximate surface area is 200 Å². The van der Waals surface area contributed by atoms with Gasteiger partial charge < -0.3 is 0 Å². The van der Waals surface area contributed by atoms with Crippen LogP contribution >= 0.6 is 0 Å². The van der Waals surface area contributed by atoms with Crippen molar-refractivity contribution in [3.05, 3.63) is 82.0 Å². The molecule has 0 amide bonds. The highest BCUT2D eigenvalue weighted by Crippen LogP contribution is 2.25. The van der Waals surface area contributed by atoms with Crippen molar-refractivity contribution in [1.29, 1.82) is 0 Å². The molecule has 0 N–H and O–H groups in total. The minimum absolute atomic E-state index is 0.0776. The number of rotatable bonds is 6. The zero-order chi connectivity index (χ0) is 25.3. The average molecular weight is 503 g/mol. The van der Waals surface area contributed by atoms with Gasteiger partial charge >= 0.3 is 20.2 Å². The fourth-order valence-corrected chi connectivity index (χ4v) is 6.29. The normalized spacial score (nSPS) is 13.7. The first-order valence-electron chi connectivity index (χ1n) is 10.4. The third-order valence-corrected chi connectivity index (χ3v) is 7.87. The molecule has 0 saturated heterocycles. The van der Waals surface area contributed by atoms with Crippen LogP contribution in [0.2, 0.25) is 0 Å². The van der Waals surface area contributed by atoms with Gasteiger partial charge in [-0.3, -0.25) is 8.57 Å². The molecule has 0 aliphatic heterocycles. The molecule has 10 heteroatoms. The molecule has 3 rings (SSSR count). The van der Waals surface area contributed by atoms with Crippen LogP contribution in [0, 0.1) is 41.5 Å². The molecule has 0 saturated carbocycles. The Morgan fingerprint density at radius 1 is 0.529 bits per heavy atom. The molecular weight excluding hydrogens is 476 g/mol. The second-order valence-electron chi connectivity index (χ2n) is 8.21. The Balaban J connectivity index is 1.74. The van der Waals surface area contributed by atoms with Crippen molar-refractivity contribution in [2.75, 3.05) is 0 Å². The Morgan fingerprint density at radius 3 is 1.06 bits per heavy atom. The number of hydrogen-bond donors (Lipinski definition) is 0. The second kappa shape index (κ2) is 9.55. The molecule has 34 heavy (non-hydrogen) atoms. The lowest BCUT2D eigenvalue weighted by Crippen LogP contribution is -2.10. The molecule has 180 valence electrons. The predicted molar refractivity (Wildman–Crippen MR) is 131 cm³/mol. The summed E-state index contributed by atoms with van der Waals surface area (Å²) in [6.07, 6.45) is 5.73. The fourth-order valence-electron chi connectivity index (χ4n) is 3.96. The van der Waals surface area contributed by atoms with Crippen LogP contribution in [0.3, 0.4) is 0 Å². The summed E-state index contributed by atoms with van der Waals surface area (Å²) in [6.45, 7) is 10.5. The number of nitrogens with zero attached hydrogens (tertiary/aromatic N) is 2. The van der Waals surface area contributed by atoms with Crippen molar-refractivity contribution in [1.82, 2.24) is 0 Å². The lowest BCUT2D eigenvalue weighted by molar-refractivity contribution is 0.337. The molecule has 0 aromatic heterocycles. The monoisotopic (exact) mass is 502 g/mol. The highest BCUT2D eigenvalue weighted by molar-refractivity contribution is 7.87. The van der Waals surface area contributed by atoms with Gasteiger partial charge in [-0.2, -0.15) is 16.8 Å². The first-order valence-corrected chi connectivity index (χ1v) is 13.2. The van der Waals surface area contributed by atoms with Gasteiger partial charge in [0, 0.05) is 0 Å². The molecule has 1 aliphatic rings. The summed E-state index contributed by atoms with van der Waals surface area (Å²) >= 11 is 0. The van der Waals surface area contributed by atoms with E-state index in [0.29, 0.717) is 22.3 Å². The van der Waals surface area contributed by atoms with Crippen molar-refractivity contribution in [3.8, 4) is 0 Å². The molecule has 0 radical (unpaired) electrons. The van der Waals surface area contributed by atoms with E-state index < -0.39 is 20.2 Å². The molecule has 0 atom stereocenters. The Morgan fingerprint density at radius 2 is 0.794 bits per heavy atom. The SMILES string of the molecule is Cc1cc(C)c(S(=O)(=O)ON=C2C=CC(=NOS(=O)(=O)c3c(C)cc(C)cc3C)C=C2)c(C)c1. The number of hydrogen-bond acceptors (Lipinski definition) is 8. The van der Waals surface area contributed by atoms with Gasteiger partial charge in [-0.15, -0.1) is 0 Å². The van der Waals surface area contributed by atoms with Gasteiger partial charge in [0.2, 0.25) is 0 Å². The molecule has 2 aromatic rings. The zero-order valence-electron chi connectivity index (χ0n) is 19.8. The lowest BCUT2D eigenvalue weighted by Gasteiger charge is -2.11. The van der Waals surface area contributed by atoms with E-state index in [1.54, 1.807) is 52.0 Å². The maximum absolute atomic E-state index is 12.6. The Hall–Kier alpha value is -3.24. The topological polar surface area (TPSA) is 111 Å². The van der Waals surface area contributed by atoms with E-state index >= 15 is 0 Å². The van der Waals surface area contributed by atoms with Crippen LogP contribution in [-0.4, -0.2) is 28.3 Å². The minimum atomic E-state index is -4.11. The van der Waals surface area contributed by atoms with Gasteiger partial charge in [-0.1, -0.05) is 45.7 Å². The summed E-state index contributed by atoms with van der Waals surface area (Å²) < 4.78 is 60.3. The van der Waals surface area contributed by atoms with Gasteiger partial charge in [0.15, 0.2) is 0 Å². The third-order valence-electron chi connectivity index (χ3n) is 5.04. The van der Waals surface area contributed by atoms with Gasteiger partial charge in [-0.05, 0) is 88.1 Å². The first-order chi connectivity index (χ1) is 15.8. The number of allylic oxidation sites excluding steroid dienone is 4. The molecular formula is C24H26N2O6S2. The van der Waals surface area contributed by atoms with E-state index in [-0.39, 0.29) is 21.2 Å². The van der Waals surface area contributed by atoms with Crippen LogP contribution in [0.1, 0.15) is 33.4 Å². The van der Waals surface area contributed by atoms with Crippen molar-refractivity contribution >= 4 is 31.7 Å².